The van der Waals surface area contributed by atoms with Crippen molar-refractivity contribution in [1.82, 2.24) is 26.2 Å². The first-order valence-corrected chi connectivity index (χ1v) is 28.0. The smallest absolute Gasteiger partial charge is 0.387 e. The van der Waals surface area contributed by atoms with Crippen LogP contribution in [0.15, 0.2) is 12.2 Å². The zero-order valence-electron chi connectivity index (χ0n) is 41.2. The van der Waals surface area contributed by atoms with Gasteiger partial charge in [0, 0.05) is 37.4 Å². The van der Waals surface area contributed by atoms with E-state index < -0.39 is 20.3 Å². The zero-order valence-corrected chi connectivity index (χ0v) is 42.9. The van der Waals surface area contributed by atoms with E-state index in [9.17, 15) is 34.1 Å². The maximum Gasteiger partial charge on any atom is 0.570 e. The third kappa shape index (κ3) is 30.1. The molecule has 15 nitrogen and oxygen atoms in total. The number of amides is 5. The van der Waals surface area contributed by atoms with Crippen LogP contribution in [-0.4, -0.2) is 144 Å². The highest BCUT2D eigenvalue weighted by molar-refractivity contribution is 8.00. The molecule has 2 fully saturated rings. The number of hydrogen-bond donors (Lipinski definition) is 7. The van der Waals surface area contributed by atoms with Crippen LogP contribution in [0.2, 0.25) is 0 Å². The molecule has 0 aliphatic carbocycles. The van der Waals surface area contributed by atoms with Crippen LogP contribution in [-0.2, 0) is 23.4 Å². The minimum Gasteiger partial charge on any atom is -0.387 e. The average molecular weight is 961 g/mol. The summed E-state index contributed by atoms with van der Waals surface area (Å²) in [6.07, 6.45) is 29.7. The van der Waals surface area contributed by atoms with Crippen LogP contribution in [0.4, 0.5) is 4.79 Å². The van der Waals surface area contributed by atoms with Crippen LogP contribution in [0, 0.1) is 0 Å². The van der Waals surface area contributed by atoms with Crippen molar-refractivity contribution in [3.8, 4) is 0 Å². The maximum absolute atomic E-state index is 13.0. The van der Waals surface area contributed by atoms with Crippen molar-refractivity contribution in [2.24, 2.45) is 0 Å². The molecule has 65 heavy (non-hydrogen) atoms. The Morgan fingerprint density at radius 1 is 0.815 bits per heavy atom. The molecule has 378 valence electrons. The van der Waals surface area contributed by atoms with E-state index in [0.717, 1.165) is 102 Å². The Morgan fingerprint density at radius 3 is 2.03 bits per heavy atom. The van der Waals surface area contributed by atoms with E-state index in [-0.39, 0.29) is 55.6 Å². The van der Waals surface area contributed by atoms with Gasteiger partial charge in [0.1, 0.15) is 19.8 Å². The summed E-state index contributed by atoms with van der Waals surface area (Å²) < 4.78 is 11.2. The molecule has 7 N–H and O–H groups in total. The van der Waals surface area contributed by atoms with E-state index in [1.54, 1.807) is 13.1 Å². The van der Waals surface area contributed by atoms with Crippen LogP contribution in [0.5, 0.6) is 0 Å². The number of thioether (sulfide) groups is 1. The van der Waals surface area contributed by atoms with E-state index >= 15 is 0 Å². The number of nitrogens with zero attached hydrogens (tertiary/aromatic N) is 2. The lowest BCUT2D eigenvalue weighted by molar-refractivity contribution is -0.870. The summed E-state index contributed by atoms with van der Waals surface area (Å²) in [7, 11) is 3.46. The summed E-state index contributed by atoms with van der Waals surface area (Å²) in [5.74, 6) is 0.560. The fourth-order valence-corrected chi connectivity index (χ4v) is 10.4. The number of carbonyl (C=O) groups is 4. The number of hydrogen-bond acceptors (Lipinski definition) is 10. The highest BCUT2D eigenvalue weighted by Crippen LogP contribution is 2.52. The predicted molar refractivity (Wildman–Crippen MR) is 265 cm³/mol. The van der Waals surface area contributed by atoms with E-state index in [2.05, 4.69) is 28.2 Å². The van der Waals surface area contributed by atoms with Crippen molar-refractivity contribution < 1.29 is 47.6 Å². The van der Waals surface area contributed by atoms with Crippen molar-refractivity contribution in [3.05, 3.63) is 12.2 Å². The average Bonchev–Trinajstić information content (AvgIpc) is 3.81. The first kappa shape index (κ1) is 59.1. The molecular weight excluding hydrogens is 868 g/mol. The summed E-state index contributed by atoms with van der Waals surface area (Å²) in [6.45, 7) is 3.26. The standard InChI is InChI=1S/C48H91N6O9PS/c1-6-7-8-9-10-11-12-13-14-16-19-22-25-30-42(55)40(38-63-64(60,61)62-36-35-54(3,4)5)50-44(56)32-26-23-20-17-15-18-21-24-29-34-49-45(57)37-53(2)46(58)33-28-27-31-43-47-41(39-65-43)51-48(59)52-47/h25,30,40-43,47,55,60-61H,6-24,26-29,31-39H2,1-5H3,(H2-2,49,50,51,52,56,57,59)/p+2/b30-25+/t40?,41-,42-,43+,47-/m1/s1. The maximum atomic E-state index is 13.0. The number of aliphatic hydroxyl groups is 1. The number of allylic oxidation sites excluding steroid dienone is 1. The van der Waals surface area contributed by atoms with Crippen molar-refractivity contribution in [2.75, 3.05) is 66.8 Å². The van der Waals surface area contributed by atoms with Gasteiger partial charge in [0.05, 0.1) is 51.9 Å². The normalized spacial score (nSPS) is 18.3. The Bertz CT molecular complexity index is 1340. The molecule has 2 aliphatic rings. The molecule has 0 spiro atoms. The van der Waals surface area contributed by atoms with Gasteiger partial charge in [-0.1, -0.05) is 135 Å². The number of fused-ring (bicyclic) bond motifs is 1. The van der Waals surface area contributed by atoms with Gasteiger partial charge in [-0.3, -0.25) is 14.4 Å². The molecule has 2 saturated heterocycles. The van der Waals surface area contributed by atoms with E-state index in [4.69, 9.17) is 9.05 Å². The number of rotatable bonds is 41. The minimum absolute atomic E-state index is 0.0226. The third-order valence-corrected chi connectivity index (χ3v) is 14.8. The van der Waals surface area contributed by atoms with Gasteiger partial charge in [0.25, 0.3) is 0 Å². The topological polar surface area (TPSA) is 199 Å². The van der Waals surface area contributed by atoms with Crippen molar-refractivity contribution in [1.29, 1.82) is 0 Å². The summed E-state index contributed by atoms with van der Waals surface area (Å²) in [4.78, 5) is 71.8. The van der Waals surface area contributed by atoms with E-state index in [1.165, 1.54) is 62.7 Å². The van der Waals surface area contributed by atoms with Gasteiger partial charge in [-0.15, -0.1) is 4.52 Å². The summed E-state index contributed by atoms with van der Waals surface area (Å²) in [6, 6.07) is -0.540. The summed E-state index contributed by atoms with van der Waals surface area (Å²) in [5.41, 5.74) is 0. The molecule has 2 aliphatic heterocycles. The van der Waals surface area contributed by atoms with Gasteiger partial charge in [0.15, 0.2) is 0 Å². The minimum atomic E-state index is -4.13. The van der Waals surface area contributed by atoms with Crippen LogP contribution < -0.4 is 21.3 Å². The lowest BCUT2D eigenvalue weighted by Crippen LogP contribution is -2.45. The van der Waals surface area contributed by atoms with Crippen molar-refractivity contribution in [3.63, 3.8) is 0 Å². The molecule has 0 aromatic carbocycles. The zero-order chi connectivity index (χ0) is 47.8. The molecule has 0 radical (unpaired) electrons. The SMILES string of the molecule is CCCCCCCCCCCCC/C=C/[C@@H](O)C(CO[P+](O)(O)OCC[N+](C)(C)C)NC(=O)CCCCCCCCCCCNC(=O)CN(C)C(=O)CCCC[C@@H]1SC[C@H]2NC(=O)N[C@@H]12. The summed E-state index contributed by atoms with van der Waals surface area (Å²) >= 11 is 1.88. The lowest BCUT2D eigenvalue weighted by atomic mass is 10.0. The Morgan fingerprint density at radius 2 is 1.40 bits per heavy atom. The number of likely N-dealkylation sites (N-methyl/N-ethyl adjacent to an activating group) is 2. The molecule has 0 aromatic heterocycles. The molecule has 1 unspecified atom stereocenters. The molecule has 5 amide bonds. The first-order chi connectivity index (χ1) is 31.1. The van der Waals surface area contributed by atoms with Gasteiger partial charge in [-0.25, -0.2) is 4.79 Å². The molecule has 5 atom stereocenters. The molecule has 17 heteroatoms. The van der Waals surface area contributed by atoms with Gasteiger partial charge in [-0.2, -0.15) is 26.1 Å². The first-order valence-electron chi connectivity index (χ1n) is 25.4. The molecular formula is C48H93N6O9PS+2. The monoisotopic (exact) mass is 961 g/mol. The second-order valence-electron chi connectivity index (χ2n) is 19.4. The Hall–Kier alpha value is -2.04. The number of aliphatic hydroxyl groups excluding tert-OH is 1. The second kappa shape index (κ2) is 35.1. The molecule has 0 bridgehead atoms. The highest BCUT2D eigenvalue weighted by Gasteiger charge is 2.43. The number of quaternary nitrogens is 1. The Balaban J connectivity index is 1.54. The quantitative estimate of drug-likeness (QED) is 0.0105. The van der Waals surface area contributed by atoms with E-state index in [0.29, 0.717) is 35.7 Å². The molecule has 2 rings (SSSR count). The lowest BCUT2D eigenvalue weighted by Gasteiger charge is -2.24. The molecule has 2 heterocycles. The van der Waals surface area contributed by atoms with Crippen molar-refractivity contribution in [2.45, 2.75) is 203 Å². The number of carbonyl (C=O) groups excluding carboxylic acids is 4. The third-order valence-electron chi connectivity index (χ3n) is 12.3. The van der Waals surface area contributed by atoms with Gasteiger partial charge in [-0.05, 0) is 38.5 Å². The van der Waals surface area contributed by atoms with Crippen molar-refractivity contribution >= 4 is 43.7 Å². The van der Waals surface area contributed by atoms with Gasteiger partial charge in [0.2, 0.25) is 17.7 Å². The number of unbranched alkanes of at least 4 members (excludes halogenated alkanes) is 20. The number of nitrogens with one attached hydrogen (secondary N) is 4. The Labute approximate surface area is 398 Å². The van der Waals surface area contributed by atoms with E-state index in [1.807, 2.05) is 39.0 Å². The summed E-state index contributed by atoms with van der Waals surface area (Å²) in [5, 5.41) is 23.2. The molecule has 0 saturated carbocycles. The second-order valence-corrected chi connectivity index (χ2v) is 22.2. The van der Waals surface area contributed by atoms with Gasteiger partial charge < -0.3 is 35.8 Å². The van der Waals surface area contributed by atoms with Crippen LogP contribution in [0.25, 0.3) is 0 Å². The number of urea groups is 1. The largest absolute Gasteiger partial charge is 0.570 e. The fraction of sp³-hybridized carbons (Fsp3) is 0.875. The Kier molecular flexibility index (Phi) is 31.9. The van der Waals surface area contributed by atoms with Crippen LogP contribution in [0.1, 0.15) is 174 Å². The van der Waals surface area contributed by atoms with Gasteiger partial charge >= 0.3 is 14.2 Å². The highest BCUT2D eigenvalue weighted by atomic mass is 32.2. The fourth-order valence-electron chi connectivity index (χ4n) is 8.14. The van der Waals surface area contributed by atoms with Crippen LogP contribution >= 0.6 is 19.9 Å². The molecule has 0 aromatic rings. The predicted octanol–water partition coefficient (Wildman–Crippen LogP) is 7.69. The van der Waals surface area contributed by atoms with Crippen LogP contribution in [0.3, 0.4) is 0 Å².